The van der Waals surface area contributed by atoms with Gasteiger partial charge in [0.25, 0.3) is 0 Å². The van der Waals surface area contributed by atoms with Gasteiger partial charge in [0.05, 0.1) is 13.2 Å². The molecule has 3 N–H and O–H groups in total. The lowest BCUT2D eigenvalue weighted by Gasteiger charge is -2.20. The van der Waals surface area contributed by atoms with Crippen LogP contribution in [-0.4, -0.2) is 51.1 Å². The number of aliphatic hydroxyl groups is 1. The number of nitrogens with zero attached hydrogens (tertiary/aromatic N) is 1. The van der Waals surface area contributed by atoms with Crippen molar-refractivity contribution >= 4 is 5.96 Å². The van der Waals surface area contributed by atoms with Crippen molar-refractivity contribution in [2.75, 3.05) is 40.0 Å². The van der Waals surface area contributed by atoms with Crippen LogP contribution in [0.3, 0.4) is 0 Å². The fraction of sp³-hybridized carbons (Fsp3) is 0.667. The molecular weight excluding hydrogens is 342 g/mol. The summed E-state index contributed by atoms with van der Waals surface area (Å²) in [6.45, 7) is 10.0. The Morgan fingerprint density at radius 1 is 1.22 bits per heavy atom. The molecular formula is C21H37N3O3. The molecule has 0 bridgehead atoms. The molecule has 0 aromatic heterocycles. The maximum Gasteiger partial charge on any atom is 0.191 e. The molecule has 154 valence electrons. The summed E-state index contributed by atoms with van der Waals surface area (Å²) in [5.74, 6) is 2.69. The van der Waals surface area contributed by atoms with Gasteiger partial charge in [-0.05, 0) is 49.3 Å². The van der Waals surface area contributed by atoms with Crippen molar-refractivity contribution in [3.8, 4) is 5.75 Å². The molecule has 1 rings (SSSR count). The first-order valence-corrected chi connectivity index (χ1v) is 9.92. The number of hydrogen-bond acceptors (Lipinski definition) is 4. The van der Waals surface area contributed by atoms with E-state index in [9.17, 15) is 5.11 Å². The predicted octanol–water partition coefficient (Wildman–Crippen LogP) is 2.81. The number of hydrogen-bond donors (Lipinski definition) is 3. The molecule has 6 nitrogen and oxygen atoms in total. The number of guanidine groups is 1. The second-order valence-corrected chi connectivity index (χ2v) is 7.07. The number of nitrogens with one attached hydrogen (secondary N) is 2. The van der Waals surface area contributed by atoms with Gasteiger partial charge in [0.2, 0.25) is 0 Å². The molecule has 0 aliphatic heterocycles. The summed E-state index contributed by atoms with van der Waals surface area (Å²) >= 11 is 0. The van der Waals surface area contributed by atoms with Crippen molar-refractivity contribution in [1.82, 2.24) is 10.6 Å². The fourth-order valence-corrected chi connectivity index (χ4v) is 2.88. The number of ether oxygens (including phenoxy) is 2. The minimum absolute atomic E-state index is 0.225. The van der Waals surface area contributed by atoms with E-state index in [1.54, 1.807) is 7.11 Å². The predicted molar refractivity (Wildman–Crippen MR) is 111 cm³/mol. The van der Waals surface area contributed by atoms with Gasteiger partial charge in [0.1, 0.15) is 12.4 Å². The highest BCUT2D eigenvalue weighted by Crippen LogP contribution is 2.15. The Morgan fingerprint density at radius 2 is 2.04 bits per heavy atom. The third-order valence-electron chi connectivity index (χ3n) is 4.12. The molecule has 0 fully saturated rings. The third-order valence-corrected chi connectivity index (χ3v) is 4.12. The molecule has 0 amide bonds. The zero-order chi connectivity index (χ0) is 19.9. The second kappa shape index (κ2) is 14.3. The Bertz CT molecular complexity index is 535. The molecule has 0 saturated carbocycles. The van der Waals surface area contributed by atoms with E-state index in [4.69, 9.17) is 9.47 Å². The van der Waals surface area contributed by atoms with Crippen LogP contribution in [0.4, 0.5) is 0 Å². The van der Waals surface area contributed by atoms with Crippen LogP contribution in [0.25, 0.3) is 0 Å². The number of aliphatic hydroxyl groups excluding tert-OH is 1. The Morgan fingerprint density at radius 3 is 2.70 bits per heavy atom. The van der Waals surface area contributed by atoms with Gasteiger partial charge in [0.15, 0.2) is 5.96 Å². The SMILES string of the molecule is CCNC(=NCc1cccc(OCCOC)c1)NCC(CCO)CC(C)C. The maximum atomic E-state index is 9.28. The molecule has 1 unspecified atom stereocenters. The molecule has 0 heterocycles. The van der Waals surface area contributed by atoms with Crippen molar-refractivity contribution in [2.45, 2.75) is 40.2 Å². The summed E-state index contributed by atoms with van der Waals surface area (Å²) in [4.78, 5) is 4.68. The average Bonchev–Trinajstić information content (AvgIpc) is 2.64. The molecule has 27 heavy (non-hydrogen) atoms. The summed E-state index contributed by atoms with van der Waals surface area (Å²) in [5, 5.41) is 16.0. The van der Waals surface area contributed by atoms with Gasteiger partial charge in [-0.1, -0.05) is 26.0 Å². The first-order chi connectivity index (χ1) is 13.1. The summed E-state index contributed by atoms with van der Waals surface area (Å²) in [7, 11) is 1.66. The quantitative estimate of drug-likeness (QED) is 0.279. The van der Waals surface area contributed by atoms with Crippen LogP contribution in [0.5, 0.6) is 5.75 Å². The van der Waals surface area contributed by atoms with Crippen LogP contribution in [-0.2, 0) is 11.3 Å². The van der Waals surface area contributed by atoms with Crippen LogP contribution in [0.1, 0.15) is 39.2 Å². The van der Waals surface area contributed by atoms with Crippen molar-refractivity contribution in [2.24, 2.45) is 16.8 Å². The Kier molecular flexibility index (Phi) is 12.3. The molecule has 0 aliphatic rings. The van der Waals surface area contributed by atoms with Gasteiger partial charge in [-0.25, -0.2) is 4.99 Å². The Balaban J connectivity index is 2.63. The Labute approximate surface area is 164 Å². The first-order valence-electron chi connectivity index (χ1n) is 9.92. The van der Waals surface area contributed by atoms with Crippen molar-refractivity contribution in [1.29, 1.82) is 0 Å². The smallest absolute Gasteiger partial charge is 0.191 e. The largest absolute Gasteiger partial charge is 0.491 e. The topological polar surface area (TPSA) is 75.1 Å². The number of benzene rings is 1. The third kappa shape index (κ3) is 10.8. The van der Waals surface area contributed by atoms with E-state index < -0.39 is 0 Å². The van der Waals surface area contributed by atoms with E-state index in [-0.39, 0.29) is 6.61 Å². The standard InChI is InChI=1S/C21H37N3O3/c1-5-22-21(24-16-19(9-10-25)13-17(2)3)23-15-18-7-6-8-20(14-18)27-12-11-26-4/h6-8,14,17,19,25H,5,9-13,15-16H2,1-4H3,(H2,22,23,24). The highest BCUT2D eigenvalue weighted by molar-refractivity contribution is 5.79. The van der Waals surface area contributed by atoms with E-state index in [0.29, 0.717) is 31.6 Å². The lowest BCUT2D eigenvalue weighted by atomic mass is 9.94. The van der Waals surface area contributed by atoms with Crippen LogP contribution >= 0.6 is 0 Å². The average molecular weight is 380 g/mol. The van der Waals surface area contributed by atoms with Crippen molar-refractivity contribution < 1.29 is 14.6 Å². The lowest BCUT2D eigenvalue weighted by Crippen LogP contribution is -2.40. The van der Waals surface area contributed by atoms with Gasteiger partial charge in [0, 0.05) is 26.8 Å². The van der Waals surface area contributed by atoms with Crippen LogP contribution in [0, 0.1) is 11.8 Å². The Hall–Kier alpha value is -1.79. The molecule has 6 heteroatoms. The molecule has 0 radical (unpaired) electrons. The fourth-order valence-electron chi connectivity index (χ4n) is 2.88. The van der Waals surface area contributed by atoms with E-state index in [1.807, 2.05) is 24.3 Å². The molecule has 1 aromatic carbocycles. The van der Waals surface area contributed by atoms with E-state index in [0.717, 1.165) is 43.2 Å². The second-order valence-electron chi connectivity index (χ2n) is 7.07. The van der Waals surface area contributed by atoms with Crippen molar-refractivity contribution in [3.63, 3.8) is 0 Å². The van der Waals surface area contributed by atoms with Gasteiger partial charge in [-0.15, -0.1) is 0 Å². The first kappa shape index (κ1) is 23.2. The van der Waals surface area contributed by atoms with E-state index in [2.05, 4.69) is 36.4 Å². The zero-order valence-electron chi connectivity index (χ0n) is 17.3. The molecule has 0 saturated heterocycles. The number of rotatable bonds is 13. The minimum Gasteiger partial charge on any atom is -0.491 e. The number of methoxy groups -OCH3 is 1. The van der Waals surface area contributed by atoms with Crippen molar-refractivity contribution in [3.05, 3.63) is 29.8 Å². The molecule has 0 aliphatic carbocycles. The van der Waals surface area contributed by atoms with E-state index in [1.165, 1.54) is 0 Å². The minimum atomic E-state index is 0.225. The van der Waals surface area contributed by atoms with Gasteiger partial charge in [-0.2, -0.15) is 0 Å². The van der Waals surface area contributed by atoms with Crippen LogP contribution < -0.4 is 15.4 Å². The van der Waals surface area contributed by atoms with Crippen LogP contribution in [0.2, 0.25) is 0 Å². The summed E-state index contributed by atoms with van der Waals surface area (Å²) < 4.78 is 10.7. The molecule has 1 aromatic rings. The monoisotopic (exact) mass is 379 g/mol. The van der Waals surface area contributed by atoms with Gasteiger partial charge < -0.3 is 25.2 Å². The van der Waals surface area contributed by atoms with Gasteiger partial charge >= 0.3 is 0 Å². The molecule has 1 atom stereocenters. The maximum absolute atomic E-state index is 9.28. The highest BCUT2D eigenvalue weighted by atomic mass is 16.5. The van der Waals surface area contributed by atoms with E-state index >= 15 is 0 Å². The van der Waals surface area contributed by atoms with Crippen LogP contribution in [0.15, 0.2) is 29.3 Å². The lowest BCUT2D eigenvalue weighted by molar-refractivity contribution is 0.146. The summed E-state index contributed by atoms with van der Waals surface area (Å²) in [5.41, 5.74) is 1.09. The normalized spacial score (nSPS) is 12.9. The highest BCUT2D eigenvalue weighted by Gasteiger charge is 2.11. The number of aliphatic imine (C=N–C) groups is 1. The van der Waals surface area contributed by atoms with Gasteiger partial charge in [-0.3, -0.25) is 0 Å². The summed E-state index contributed by atoms with van der Waals surface area (Å²) in [6, 6.07) is 7.98. The molecule has 0 spiro atoms. The zero-order valence-corrected chi connectivity index (χ0v) is 17.3. The summed E-state index contributed by atoms with van der Waals surface area (Å²) in [6.07, 6.45) is 1.90.